The molecule has 0 bridgehead atoms. The molecule has 1 atom stereocenters. The van der Waals surface area contributed by atoms with Crippen LogP contribution in [0.2, 0.25) is 0 Å². The molecule has 2 aromatic carbocycles. The first-order valence-corrected chi connectivity index (χ1v) is 11.0. The maximum atomic E-state index is 12.5. The molecule has 5 rings (SSSR count). The number of aromatic nitrogens is 2. The summed E-state index contributed by atoms with van der Waals surface area (Å²) in [7, 11) is 0. The number of imidazole rings is 1. The third kappa shape index (κ3) is 3.69. The van der Waals surface area contributed by atoms with Gasteiger partial charge in [-0.25, -0.2) is 4.98 Å². The molecule has 1 aromatic heterocycles. The standard InChI is InChI=1S/C25H29N3O2/c1-17-8-11-21(14-18(17)2)30-13-5-12-27-23-7-4-3-6-22(23)26-25(27)19-15-24(29)28(16-19)20-9-10-20/h3-4,6-8,11,14,19-20H,5,9-10,12-13,15-16H2,1-2H3. The van der Waals surface area contributed by atoms with Gasteiger partial charge in [-0.15, -0.1) is 0 Å². The fraction of sp³-hybridized carbons (Fsp3) is 0.440. The molecule has 0 spiro atoms. The van der Waals surface area contributed by atoms with Crippen molar-refractivity contribution < 1.29 is 9.53 Å². The van der Waals surface area contributed by atoms with Gasteiger partial charge < -0.3 is 14.2 Å². The molecule has 1 aliphatic carbocycles. The van der Waals surface area contributed by atoms with E-state index in [0.717, 1.165) is 55.0 Å². The number of para-hydroxylation sites is 2. The number of carbonyl (C=O) groups is 1. The van der Waals surface area contributed by atoms with E-state index < -0.39 is 0 Å². The Hall–Kier alpha value is -2.82. The van der Waals surface area contributed by atoms with Gasteiger partial charge in [0.25, 0.3) is 0 Å². The molecule has 5 nitrogen and oxygen atoms in total. The number of aryl methyl sites for hydroxylation is 3. The highest BCUT2D eigenvalue weighted by atomic mass is 16.5. The summed E-state index contributed by atoms with van der Waals surface area (Å²) in [5.74, 6) is 2.46. The van der Waals surface area contributed by atoms with E-state index in [1.54, 1.807) is 0 Å². The molecule has 2 fully saturated rings. The number of amides is 1. The van der Waals surface area contributed by atoms with Crippen molar-refractivity contribution in [1.29, 1.82) is 0 Å². The molecule has 1 amide bonds. The number of rotatable bonds is 7. The number of benzene rings is 2. The van der Waals surface area contributed by atoms with Crippen LogP contribution in [0.1, 0.15) is 48.6 Å². The minimum Gasteiger partial charge on any atom is -0.494 e. The fourth-order valence-corrected chi connectivity index (χ4v) is 4.50. The molecule has 3 aromatic rings. The van der Waals surface area contributed by atoms with Gasteiger partial charge in [-0.1, -0.05) is 18.2 Å². The summed E-state index contributed by atoms with van der Waals surface area (Å²) in [5.41, 5.74) is 4.70. The monoisotopic (exact) mass is 403 g/mol. The fourth-order valence-electron chi connectivity index (χ4n) is 4.50. The maximum absolute atomic E-state index is 12.5. The SMILES string of the molecule is Cc1ccc(OCCCn2c(C3CC(=O)N(C4CC4)C3)nc3ccccc32)cc1C. The van der Waals surface area contributed by atoms with Crippen molar-refractivity contribution in [2.24, 2.45) is 0 Å². The van der Waals surface area contributed by atoms with Gasteiger partial charge >= 0.3 is 0 Å². The predicted molar refractivity (Wildman–Crippen MR) is 118 cm³/mol. The van der Waals surface area contributed by atoms with Crippen LogP contribution in [0, 0.1) is 13.8 Å². The zero-order valence-corrected chi connectivity index (χ0v) is 17.8. The van der Waals surface area contributed by atoms with Gasteiger partial charge in [0.05, 0.1) is 17.6 Å². The zero-order chi connectivity index (χ0) is 20.7. The van der Waals surface area contributed by atoms with E-state index in [-0.39, 0.29) is 5.92 Å². The topological polar surface area (TPSA) is 47.4 Å². The minimum absolute atomic E-state index is 0.186. The Morgan fingerprint density at radius 1 is 1.10 bits per heavy atom. The number of likely N-dealkylation sites (tertiary alicyclic amines) is 1. The number of hydrogen-bond acceptors (Lipinski definition) is 3. The summed E-state index contributed by atoms with van der Waals surface area (Å²) >= 11 is 0. The average Bonchev–Trinajstić information content (AvgIpc) is 3.41. The first-order valence-electron chi connectivity index (χ1n) is 11.0. The molecule has 2 heterocycles. The van der Waals surface area contributed by atoms with Gasteiger partial charge in [-0.3, -0.25) is 4.79 Å². The minimum atomic E-state index is 0.186. The van der Waals surface area contributed by atoms with Crippen LogP contribution in [-0.2, 0) is 11.3 Å². The summed E-state index contributed by atoms with van der Waals surface area (Å²) in [6.07, 6.45) is 3.79. The average molecular weight is 404 g/mol. The lowest BCUT2D eigenvalue weighted by atomic mass is 10.1. The molecule has 5 heteroatoms. The largest absolute Gasteiger partial charge is 0.494 e. The van der Waals surface area contributed by atoms with Crippen LogP contribution in [0.5, 0.6) is 5.75 Å². The van der Waals surface area contributed by atoms with Crippen LogP contribution in [-0.4, -0.2) is 39.6 Å². The Morgan fingerprint density at radius 2 is 1.93 bits per heavy atom. The molecular formula is C25H29N3O2. The van der Waals surface area contributed by atoms with Crippen molar-refractivity contribution >= 4 is 16.9 Å². The first-order chi connectivity index (χ1) is 14.6. The molecular weight excluding hydrogens is 374 g/mol. The maximum Gasteiger partial charge on any atom is 0.223 e. The van der Waals surface area contributed by atoms with E-state index in [0.29, 0.717) is 25.0 Å². The number of nitrogens with zero attached hydrogens (tertiary/aromatic N) is 3. The van der Waals surface area contributed by atoms with E-state index in [1.165, 1.54) is 11.1 Å². The highest BCUT2D eigenvalue weighted by Gasteiger charge is 2.41. The quantitative estimate of drug-likeness (QED) is 0.542. The van der Waals surface area contributed by atoms with Crippen LogP contribution >= 0.6 is 0 Å². The molecule has 1 saturated heterocycles. The van der Waals surface area contributed by atoms with Gasteiger partial charge in [-0.2, -0.15) is 0 Å². The third-order valence-corrected chi connectivity index (χ3v) is 6.47. The summed E-state index contributed by atoms with van der Waals surface area (Å²) < 4.78 is 8.31. The van der Waals surface area contributed by atoms with Gasteiger partial charge in [0.15, 0.2) is 0 Å². The molecule has 0 N–H and O–H groups in total. The van der Waals surface area contributed by atoms with Crippen molar-refractivity contribution in [1.82, 2.24) is 14.5 Å². The van der Waals surface area contributed by atoms with Crippen LogP contribution in [0.25, 0.3) is 11.0 Å². The molecule has 1 unspecified atom stereocenters. The molecule has 0 radical (unpaired) electrons. The van der Waals surface area contributed by atoms with E-state index in [9.17, 15) is 4.79 Å². The van der Waals surface area contributed by atoms with Crippen LogP contribution < -0.4 is 4.74 Å². The van der Waals surface area contributed by atoms with Gasteiger partial charge in [-0.05, 0) is 68.5 Å². The highest BCUT2D eigenvalue weighted by molar-refractivity contribution is 5.81. The molecule has 2 aliphatic rings. The summed E-state index contributed by atoms with van der Waals surface area (Å²) in [4.78, 5) is 19.5. The van der Waals surface area contributed by atoms with Crippen molar-refractivity contribution in [2.45, 2.75) is 58.0 Å². The van der Waals surface area contributed by atoms with Crippen LogP contribution in [0.15, 0.2) is 42.5 Å². The van der Waals surface area contributed by atoms with Gasteiger partial charge in [0.1, 0.15) is 11.6 Å². The van der Waals surface area contributed by atoms with Crippen molar-refractivity contribution in [3.63, 3.8) is 0 Å². The molecule has 156 valence electrons. The normalized spacial score (nSPS) is 19.1. The Kier molecular flexibility index (Phi) is 4.97. The summed E-state index contributed by atoms with van der Waals surface area (Å²) in [6.45, 7) is 6.54. The number of fused-ring (bicyclic) bond motifs is 1. The Bertz CT molecular complexity index is 1080. The summed E-state index contributed by atoms with van der Waals surface area (Å²) in [6, 6.07) is 15.0. The smallest absolute Gasteiger partial charge is 0.223 e. The van der Waals surface area contributed by atoms with Crippen molar-refractivity contribution in [2.75, 3.05) is 13.2 Å². The third-order valence-electron chi connectivity index (χ3n) is 6.47. The zero-order valence-electron chi connectivity index (χ0n) is 17.8. The second-order valence-corrected chi connectivity index (χ2v) is 8.74. The lowest BCUT2D eigenvalue weighted by molar-refractivity contribution is -0.128. The van der Waals surface area contributed by atoms with Gasteiger partial charge in [0.2, 0.25) is 5.91 Å². The second kappa shape index (κ2) is 7.78. The Labute approximate surface area is 177 Å². The van der Waals surface area contributed by atoms with E-state index in [2.05, 4.69) is 53.6 Å². The number of carbonyl (C=O) groups excluding carboxylic acids is 1. The lowest BCUT2D eigenvalue weighted by Gasteiger charge is -2.16. The Balaban J connectivity index is 1.31. The number of ether oxygens (including phenoxy) is 1. The lowest BCUT2D eigenvalue weighted by Crippen LogP contribution is -2.27. The molecule has 30 heavy (non-hydrogen) atoms. The van der Waals surface area contributed by atoms with Gasteiger partial charge in [0, 0.05) is 31.5 Å². The Morgan fingerprint density at radius 3 is 2.73 bits per heavy atom. The first kappa shape index (κ1) is 19.2. The van der Waals surface area contributed by atoms with E-state index in [4.69, 9.17) is 9.72 Å². The number of hydrogen-bond donors (Lipinski definition) is 0. The van der Waals surface area contributed by atoms with E-state index in [1.807, 2.05) is 12.1 Å². The molecule has 1 saturated carbocycles. The second-order valence-electron chi connectivity index (χ2n) is 8.74. The highest BCUT2D eigenvalue weighted by Crippen LogP contribution is 2.37. The predicted octanol–water partition coefficient (Wildman–Crippen LogP) is 4.60. The van der Waals surface area contributed by atoms with Crippen molar-refractivity contribution in [3.8, 4) is 5.75 Å². The van der Waals surface area contributed by atoms with E-state index >= 15 is 0 Å². The van der Waals surface area contributed by atoms with Crippen LogP contribution in [0.4, 0.5) is 0 Å². The van der Waals surface area contributed by atoms with Crippen molar-refractivity contribution in [3.05, 3.63) is 59.4 Å². The molecule has 1 aliphatic heterocycles. The summed E-state index contributed by atoms with van der Waals surface area (Å²) in [5, 5.41) is 0. The van der Waals surface area contributed by atoms with Crippen LogP contribution in [0.3, 0.4) is 0 Å².